The summed E-state index contributed by atoms with van der Waals surface area (Å²) in [7, 11) is 0. The fraction of sp³-hybridized carbons (Fsp3) is 0.300. The molecule has 0 aliphatic heterocycles. The van der Waals surface area contributed by atoms with Crippen LogP contribution in [0.4, 0.5) is 4.39 Å². The number of hydrogen-bond acceptors (Lipinski definition) is 1. The lowest BCUT2D eigenvalue weighted by Gasteiger charge is -2.00. The fourth-order valence-corrected chi connectivity index (χ4v) is 0.947. The van der Waals surface area contributed by atoms with Gasteiger partial charge >= 0.3 is 0 Å². The number of rotatable bonds is 2. The molecular weight excluding hydrogens is 155 g/mol. The molecule has 64 valence electrons. The van der Waals surface area contributed by atoms with Crippen molar-refractivity contribution in [2.24, 2.45) is 0 Å². The van der Waals surface area contributed by atoms with Crippen LogP contribution in [0.2, 0.25) is 0 Å². The maximum absolute atomic E-state index is 12.5. The van der Waals surface area contributed by atoms with Crippen molar-refractivity contribution in [2.45, 2.75) is 20.0 Å². The van der Waals surface area contributed by atoms with Crippen LogP contribution >= 0.6 is 0 Å². The van der Waals surface area contributed by atoms with Crippen molar-refractivity contribution < 1.29 is 9.18 Å². The van der Waals surface area contributed by atoms with Crippen molar-refractivity contribution in [3.63, 3.8) is 0 Å². The fourth-order valence-electron chi connectivity index (χ4n) is 0.947. The van der Waals surface area contributed by atoms with Crippen molar-refractivity contribution in [2.75, 3.05) is 0 Å². The molecule has 1 unspecified atom stereocenters. The predicted molar refractivity (Wildman–Crippen MR) is 46.1 cm³/mol. The molecule has 0 heterocycles. The molecule has 0 radical (unpaired) electrons. The van der Waals surface area contributed by atoms with Gasteiger partial charge in [-0.3, -0.25) is 4.79 Å². The van der Waals surface area contributed by atoms with Gasteiger partial charge in [-0.15, -0.1) is 0 Å². The van der Waals surface area contributed by atoms with Crippen molar-refractivity contribution in [3.05, 3.63) is 35.4 Å². The number of halogens is 1. The van der Waals surface area contributed by atoms with Gasteiger partial charge in [0.2, 0.25) is 0 Å². The maximum atomic E-state index is 12.5. The van der Waals surface area contributed by atoms with Crippen molar-refractivity contribution in [3.8, 4) is 0 Å². The van der Waals surface area contributed by atoms with Crippen LogP contribution in [0.5, 0.6) is 0 Å². The summed E-state index contributed by atoms with van der Waals surface area (Å²) in [5, 5.41) is 0. The summed E-state index contributed by atoms with van der Waals surface area (Å²) < 4.78 is 12.5. The van der Waals surface area contributed by atoms with E-state index in [1.807, 2.05) is 6.92 Å². The molecule has 12 heavy (non-hydrogen) atoms. The first-order valence-electron chi connectivity index (χ1n) is 3.86. The third-order valence-corrected chi connectivity index (χ3v) is 1.70. The summed E-state index contributed by atoms with van der Waals surface area (Å²) in [6, 6.07) is 6.90. The van der Waals surface area contributed by atoms with Gasteiger partial charge in [-0.05, 0) is 13.8 Å². The summed E-state index contributed by atoms with van der Waals surface area (Å²) in [4.78, 5) is 11.1. The van der Waals surface area contributed by atoms with Gasteiger partial charge < -0.3 is 0 Å². The highest BCUT2D eigenvalue weighted by molar-refractivity contribution is 5.99. The summed E-state index contributed by atoms with van der Waals surface area (Å²) in [5.41, 5.74) is 1.51. The van der Waals surface area contributed by atoms with Gasteiger partial charge in [-0.1, -0.05) is 29.8 Å². The van der Waals surface area contributed by atoms with Crippen LogP contribution in [0.1, 0.15) is 22.8 Å². The Morgan fingerprint density at radius 3 is 2.25 bits per heavy atom. The quantitative estimate of drug-likeness (QED) is 0.617. The van der Waals surface area contributed by atoms with E-state index in [1.165, 1.54) is 6.92 Å². The Bertz CT molecular complexity index is 274. The Hall–Kier alpha value is -1.18. The number of hydrogen-bond donors (Lipinski definition) is 0. The van der Waals surface area contributed by atoms with Gasteiger partial charge in [0.1, 0.15) is 0 Å². The van der Waals surface area contributed by atoms with Gasteiger partial charge in [-0.25, -0.2) is 4.39 Å². The molecule has 0 amide bonds. The Morgan fingerprint density at radius 1 is 1.33 bits per heavy atom. The van der Waals surface area contributed by atoms with Crippen LogP contribution in [0, 0.1) is 6.92 Å². The first kappa shape index (κ1) is 8.91. The van der Waals surface area contributed by atoms with Crippen LogP contribution < -0.4 is 0 Å². The molecule has 0 aromatic heterocycles. The topological polar surface area (TPSA) is 17.1 Å². The number of Topliss-reactive ketones (excluding diaryl/α,β-unsaturated/α-hetero) is 1. The molecule has 1 aromatic carbocycles. The molecule has 1 rings (SSSR count). The molecule has 0 bridgehead atoms. The average Bonchev–Trinajstić information content (AvgIpc) is 2.04. The zero-order valence-corrected chi connectivity index (χ0v) is 7.17. The van der Waals surface area contributed by atoms with E-state index >= 15 is 0 Å². The minimum absolute atomic E-state index is 0.440. The van der Waals surface area contributed by atoms with Crippen molar-refractivity contribution in [1.29, 1.82) is 0 Å². The van der Waals surface area contributed by atoms with E-state index in [4.69, 9.17) is 0 Å². The zero-order valence-electron chi connectivity index (χ0n) is 7.17. The summed E-state index contributed by atoms with van der Waals surface area (Å²) in [6.07, 6.45) is -1.41. The SMILES string of the molecule is Cc1ccc(C(=O)C(C)F)cc1. The molecule has 0 aliphatic carbocycles. The van der Waals surface area contributed by atoms with Crippen LogP contribution in [0.25, 0.3) is 0 Å². The van der Waals surface area contributed by atoms with Gasteiger partial charge in [0.05, 0.1) is 0 Å². The standard InChI is InChI=1S/C10H11FO/c1-7-3-5-9(6-4-7)10(12)8(2)11/h3-6,8H,1-2H3. The smallest absolute Gasteiger partial charge is 0.196 e. The second-order valence-electron chi connectivity index (χ2n) is 2.85. The number of aryl methyl sites for hydroxylation is 1. The molecular formula is C10H11FO. The molecule has 0 spiro atoms. The van der Waals surface area contributed by atoms with E-state index in [1.54, 1.807) is 24.3 Å². The van der Waals surface area contributed by atoms with Crippen LogP contribution in [-0.4, -0.2) is 12.0 Å². The highest BCUT2D eigenvalue weighted by Gasteiger charge is 2.12. The van der Waals surface area contributed by atoms with Crippen LogP contribution in [0.15, 0.2) is 24.3 Å². The third kappa shape index (κ3) is 1.91. The minimum Gasteiger partial charge on any atom is -0.291 e. The molecule has 1 nitrogen and oxygen atoms in total. The summed E-state index contributed by atoms with van der Waals surface area (Å²) >= 11 is 0. The first-order valence-corrected chi connectivity index (χ1v) is 3.86. The second kappa shape index (κ2) is 3.48. The number of carbonyl (C=O) groups is 1. The highest BCUT2D eigenvalue weighted by Crippen LogP contribution is 2.07. The average molecular weight is 166 g/mol. The summed E-state index contributed by atoms with van der Waals surface area (Å²) in [5.74, 6) is -0.449. The Morgan fingerprint density at radius 2 is 1.83 bits per heavy atom. The Kier molecular flexibility index (Phi) is 2.58. The van der Waals surface area contributed by atoms with Crippen LogP contribution in [-0.2, 0) is 0 Å². The van der Waals surface area contributed by atoms with E-state index in [0.29, 0.717) is 5.56 Å². The molecule has 0 aliphatic rings. The first-order chi connectivity index (χ1) is 5.61. The molecule has 1 atom stereocenters. The van der Waals surface area contributed by atoms with Crippen LogP contribution in [0.3, 0.4) is 0 Å². The molecule has 1 aromatic rings. The lowest BCUT2D eigenvalue weighted by atomic mass is 10.1. The van der Waals surface area contributed by atoms with E-state index in [2.05, 4.69) is 0 Å². The number of ketones is 1. The minimum atomic E-state index is -1.41. The Balaban J connectivity index is 2.90. The zero-order chi connectivity index (χ0) is 9.14. The monoisotopic (exact) mass is 166 g/mol. The highest BCUT2D eigenvalue weighted by atomic mass is 19.1. The molecule has 0 saturated carbocycles. The predicted octanol–water partition coefficient (Wildman–Crippen LogP) is 2.54. The lowest BCUT2D eigenvalue weighted by Crippen LogP contribution is -2.11. The lowest BCUT2D eigenvalue weighted by molar-refractivity contribution is 0.0893. The molecule has 2 heteroatoms. The molecule has 0 fully saturated rings. The van der Waals surface area contributed by atoms with Gasteiger partial charge in [0.25, 0.3) is 0 Å². The third-order valence-electron chi connectivity index (χ3n) is 1.70. The van der Waals surface area contributed by atoms with E-state index in [9.17, 15) is 9.18 Å². The van der Waals surface area contributed by atoms with E-state index in [-0.39, 0.29) is 0 Å². The van der Waals surface area contributed by atoms with Gasteiger partial charge in [0.15, 0.2) is 12.0 Å². The Labute approximate surface area is 71.2 Å². The number of alkyl halides is 1. The largest absolute Gasteiger partial charge is 0.291 e. The second-order valence-corrected chi connectivity index (χ2v) is 2.85. The van der Waals surface area contributed by atoms with E-state index < -0.39 is 12.0 Å². The van der Waals surface area contributed by atoms with Gasteiger partial charge in [0, 0.05) is 5.56 Å². The van der Waals surface area contributed by atoms with Crippen molar-refractivity contribution >= 4 is 5.78 Å². The normalized spacial score (nSPS) is 12.6. The van der Waals surface area contributed by atoms with E-state index in [0.717, 1.165) is 5.56 Å². The van der Waals surface area contributed by atoms with Crippen molar-refractivity contribution in [1.82, 2.24) is 0 Å². The number of carbonyl (C=O) groups excluding carboxylic acids is 1. The maximum Gasteiger partial charge on any atom is 0.196 e. The summed E-state index contributed by atoms with van der Waals surface area (Å²) in [6.45, 7) is 3.18. The molecule has 0 N–H and O–H groups in total. The van der Waals surface area contributed by atoms with Gasteiger partial charge in [-0.2, -0.15) is 0 Å². The number of benzene rings is 1. The molecule has 0 saturated heterocycles.